The van der Waals surface area contributed by atoms with Gasteiger partial charge in [-0.3, -0.25) is 0 Å². The highest BCUT2D eigenvalue weighted by molar-refractivity contribution is 7.98. The van der Waals surface area contributed by atoms with E-state index < -0.39 is 0 Å². The van der Waals surface area contributed by atoms with Gasteiger partial charge in [-0.1, -0.05) is 40.7 Å². The zero-order valence-corrected chi connectivity index (χ0v) is 12.9. The Labute approximate surface area is 131 Å². The molecule has 0 saturated heterocycles. The lowest BCUT2D eigenvalue weighted by Crippen LogP contribution is -1.92. The van der Waals surface area contributed by atoms with Crippen LogP contribution in [0.2, 0.25) is 5.02 Å². The van der Waals surface area contributed by atoms with Crippen molar-refractivity contribution in [2.75, 3.05) is 0 Å². The van der Waals surface area contributed by atoms with Crippen LogP contribution in [0, 0.1) is 0 Å². The van der Waals surface area contributed by atoms with E-state index in [-0.39, 0.29) is 0 Å². The zero-order chi connectivity index (χ0) is 14.7. The third-order valence-corrected chi connectivity index (χ3v) is 4.14. The Hall–Kier alpha value is -1.79. The van der Waals surface area contributed by atoms with Crippen LogP contribution in [0.15, 0.2) is 46.3 Å². The van der Waals surface area contributed by atoms with Crippen molar-refractivity contribution in [3.8, 4) is 0 Å². The van der Waals surface area contributed by atoms with Gasteiger partial charge in [0.05, 0.1) is 5.75 Å². The van der Waals surface area contributed by atoms with Crippen molar-refractivity contribution in [1.29, 1.82) is 0 Å². The van der Waals surface area contributed by atoms with E-state index in [1.165, 1.54) is 0 Å². The molecule has 7 heteroatoms. The van der Waals surface area contributed by atoms with E-state index in [4.69, 9.17) is 16.1 Å². The van der Waals surface area contributed by atoms with Gasteiger partial charge in [0, 0.05) is 30.9 Å². The van der Waals surface area contributed by atoms with E-state index >= 15 is 0 Å². The Kier molecular flexibility index (Phi) is 4.26. The molecule has 0 N–H and O–H groups in total. The number of imidazole rings is 1. The van der Waals surface area contributed by atoms with Crippen molar-refractivity contribution in [2.45, 2.75) is 17.3 Å². The summed E-state index contributed by atoms with van der Waals surface area (Å²) < 4.78 is 7.21. The molecular weight excluding hydrogens is 308 g/mol. The molecule has 0 radical (unpaired) electrons. The fourth-order valence-corrected chi connectivity index (χ4v) is 2.85. The number of benzene rings is 1. The van der Waals surface area contributed by atoms with Crippen LogP contribution in [0.1, 0.15) is 17.3 Å². The van der Waals surface area contributed by atoms with Crippen molar-refractivity contribution in [1.82, 2.24) is 19.7 Å². The van der Waals surface area contributed by atoms with Gasteiger partial charge in [0.25, 0.3) is 0 Å². The molecule has 0 fully saturated rings. The van der Waals surface area contributed by atoms with Gasteiger partial charge < -0.3 is 9.09 Å². The standard InChI is InChI=1S/C14H13ClN4OS/c1-19-6-5-16-14(19)21-9-13-17-12(18-20-13)8-10-3-2-4-11(15)7-10/h2-7H,8-9H2,1H3. The van der Waals surface area contributed by atoms with E-state index in [1.54, 1.807) is 18.0 Å². The predicted octanol–water partition coefficient (Wildman–Crippen LogP) is 3.34. The first-order valence-electron chi connectivity index (χ1n) is 6.37. The number of aryl methyl sites for hydroxylation is 1. The average Bonchev–Trinajstić information content (AvgIpc) is 3.06. The lowest BCUT2D eigenvalue weighted by Gasteiger charge is -1.97. The van der Waals surface area contributed by atoms with E-state index in [1.807, 2.05) is 42.1 Å². The SMILES string of the molecule is Cn1ccnc1SCc1nc(Cc2cccc(Cl)c2)no1. The summed E-state index contributed by atoms with van der Waals surface area (Å²) in [6, 6.07) is 7.65. The van der Waals surface area contributed by atoms with Crippen LogP contribution in [0.25, 0.3) is 0 Å². The van der Waals surface area contributed by atoms with E-state index in [0.29, 0.717) is 28.9 Å². The molecule has 5 nitrogen and oxygen atoms in total. The van der Waals surface area contributed by atoms with Gasteiger partial charge >= 0.3 is 0 Å². The Morgan fingerprint density at radius 2 is 2.29 bits per heavy atom. The summed E-state index contributed by atoms with van der Waals surface area (Å²) in [5, 5.41) is 5.62. The Morgan fingerprint density at radius 3 is 3.05 bits per heavy atom. The maximum atomic E-state index is 5.96. The number of halogens is 1. The van der Waals surface area contributed by atoms with Gasteiger partial charge in [-0.05, 0) is 17.7 Å². The van der Waals surface area contributed by atoms with Crippen LogP contribution in [-0.4, -0.2) is 19.7 Å². The van der Waals surface area contributed by atoms with Crippen molar-refractivity contribution in [3.63, 3.8) is 0 Å². The molecule has 0 amide bonds. The van der Waals surface area contributed by atoms with Crippen LogP contribution in [-0.2, 0) is 19.2 Å². The van der Waals surface area contributed by atoms with Gasteiger partial charge in [0.1, 0.15) is 0 Å². The molecule has 0 aliphatic rings. The smallest absolute Gasteiger partial charge is 0.237 e. The number of hydrogen-bond donors (Lipinski definition) is 0. The molecule has 2 aromatic heterocycles. The molecule has 0 saturated carbocycles. The number of aromatic nitrogens is 4. The van der Waals surface area contributed by atoms with E-state index in [9.17, 15) is 0 Å². The first-order valence-corrected chi connectivity index (χ1v) is 7.73. The van der Waals surface area contributed by atoms with Crippen molar-refractivity contribution in [3.05, 3.63) is 59.0 Å². The minimum Gasteiger partial charge on any atom is -0.338 e. The lowest BCUT2D eigenvalue weighted by atomic mass is 10.1. The second-order valence-electron chi connectivity index (χ2n) is 4.52. The first kappa shape index (κ1) is 14.2. The Bertz CT molecular complexity index is 740. The summed E-state index contributed by atoms with van der Waals surface area (Å²) in [4.78, 5) is 8.62. The third kappa shape index (κ3) is 3.65. The van der Waals surface area contributed by atoms with Crippen molar-refractivity contribution in [2.24, 2.45) is 7.05 Å². The molecule has 0 bridgehead atoms. The highest BCUT2D eigenvalue weighted by atomic mass is 35.5. The van der Waals surface area contributed by atoms with E-state index in [0.717, 1.165) is 10.7 Å². The van der Waals surface area contributed by atoms with Crippen LogP contribution < -0.4 is 0 Å². The van der Waals surface area contributed by atoms with Crippen LogP contribution in [0.3, 0.4) is 0 Å². The molecule has 108 valence electrons. The monoisotopic (exact) mass is 320 g/mol. The minimum atomic E-state index is 0.597. The van der Waals surface area contributed by atoms with Gasteiger partial charge in [-0.15, -0.1) is 0 Å². The van der Waals surface area contributed by atoms with Crippen molar-refractivity contribution < 1.29 is 4.52 Å². The lowest BCUT2D eigenvalue weighted by molar-refractivity contribution is 0.385. The average molecular weight is 321 g/mol. The third-order valence-electron chi connectivity index (χ3n) is 2.86. The molecule has 0 spiro atoms. The molecule has 0 aliphatic carbocycles. The van der Waals surface area contributed by atoms with Gasteiger partial charge in [-0.2, -0.15) is 4.98 Å². The van der Waals surface area contributed by atoms with Gasteiger partial charge in [0.15, 0.2) is 11.0 Å². The van der Waals surface area contributed by atoms with E-state index in [2.05, 4.69) is 15.1 Å². The maximum Gasteiger partial charge on any atom is 0.237 e. The summed E-state index contributed by atoms with van der Waals surface area (Å²) in [6.45, 7) is 0. The Morgan fingerprint density at radius 1 is 1.38 bits per heavy atom. The van der Waals surface area contributed by atoms with Gasteiger partial charge in [0.2, 0.25) is 5.89 Å². The summed E-state index contributed by atoms with van der Waals surface area (Å²) in [6.07, 6.45) is 4.28. The largest absolute Gasteiger partial charge is 0.338 e. The number of hydrogen-bond acceptors (Lipinski definition) is 5. The second kappa shape index (κ2) is 6.32. The zero-order valence-electron chi connectivity index (χ0n) is 11.4. The fourth-order valence-electron chi connectivity index (χ4n) is 1.87. The molecule has 3 aromatic rings. The second-order valence-corrected chi connectivity index (χ2v) is 5.90. The topological polar surface area (TPSA) is 56.7 Å². The van der Waals surface area contributed by atoms with Gasteiger partial charge in [-0.25, -0.2) is 4.98 Å². The van der Waals surface area contributed by atoms with Crippen LogP contribution in [0.4, 0.5) is 0 Å². The Balaban J connectivity index is 1.62. The fraction of sp³-hybridized carbons (Fsp3) is 0.214. The molecule has 21 heavy (non-hydrogen) atoms. The molecule has 0 atom stereocenters. The molecule has 2 heterocycles. The van der Waals surface area contributed by atoms with Crippen LogP contribution >= 0.6 is 23.4 Å². The van der Waals surface area contributed by atoms with Crippen LogP contribution in [0.5, 0.6) is 0 Å². The molecular formula is C14H13ClN4OS. The summed E-state index contributed by atoms with van der Waals surface area (Å²) in [5.74, 6) is 1.86. The minimum absolute atomic E-state index is 0.597. The molecule has 3 rings (SSSR count). The van der Waals surface area contributed by atoms with Crippen molar-refractivity contribution >= 4 is 23.4 Å². The summed E-state index contributed by atoms with van der Waals surface area (Å²) >= 11 is 7.52. The number of nitrogens with zero attached hydrogens (tertiary/aromatic N) is 4. The summed E-state index contributed by atoms with van der Waals surface area (Å²) in [7, 11) is 1.95. The normalized spacial score (nSPS) is 11.0. The molecule has 0 aliphatic heterocycles. The maximum absolute atomic E-state index is 5.96. The molecule has 1 aromatic carbocycles. The molecule has 0 unspecified atom stereocenters. The number of thioether (sulfide) groups is 1. The highest BCUT2D eigenvalue weighted by Crippen LogP contribution is 2.20. The predicted molar refractivity (Wildman–Crippen MR) is 81.3 cm³/mol. The first-order chi connectivity index (χ1) is 10.2. The highest BCUT2D eigenvalue weighted by Gasteiger charge is 2.09. The summed E-state index contributed by atoms with van der Waals surface area (Å²) in [5.41, 5.74) is 1.06. The quantitative estimate of drug-likeness (QED) is 0.675. The number of rotatable bonds is 5.